The fourth-order valence-electron chi connectivity index (χ4n) is 7.95. The second-order valence-corrected chi connectivity index (χ2v) is 19.0. The number of nitrogens with one attached hydrogen (secondary N) is 2. The SMILES string of the molecule is CCn1c(-c2cccnc2[C@H](C)OC)c2c3cc(ccc31)-c1cc(O)cc(c1)C[C@H](NS(=O)(=S)c1cn(C)c(C)n1)C(=O)N1CCC[C@H](N1)C(=O)OCC(C)(C)C2. The number of imidazole rings is 1. The number of esters is 1. The van der Waals surface area contributed by atoms with Crippen LogP contribution in [0.4, 0.5) is 0 Å². The van der Waals surface area contributed by atoms with Gasteiger partial charge < -0.3 is 23.7 Å². The fourth-order valence-corrected chi connectivity index (χ4v) is 9.77. The Kier molecular flexibility index (Phi) is 11.3. The van der Waals surface area contributed by atoms with E-state index in [1.165, 1.54) is 5.01 Å². The van der Waals surface area contributed by atoms with Gasteiger partial charge >= 0.3 is 5.97 Å². The number of carbonyl (C=O) groups excluding carboxylic acids is 2. The van der Waals surface area contributed by atoms with Gasteiger partial charge in [0.05, 0.1) is 24.1 Å². The van der Waals surface area contributed by atoms with Crippen LogP contribution in [-0.2, 0) is 65.4 Å². The van der Waals surface area contributed by atoms with Crippen LogP contribution in [-0.4, -0.2) is 77.6 Å². The molecule has 1 saturated heterocycles. The summed E-state index contributed by atoms with van der Waals surface area (Å²) in [5, 5.41) is 13.7. The minimum absolute atomic E-state index is 0.0169. The van der Waals surface area contributed by atoms with Crippen LogP contribution in [0.1, 0.15) is 69.3 Å². The standard InChI is InChI=1S/C42H51N7O6S2/c1-8-48-36-14-13-28-21-32(36)33(39(48)31-11-9-15-43-38(31)25(2)54-7)22-42(4,5)24-55-41(52)34-12-10-16-49(45-34)40(51)35(19-27-17-29(28)20-30(50)18-27)46-57(53,56)37-23-47(6)26(3)44-37/h9,11,13-15,17-18,20-21,23,25,34-35,45-46,50H,8,10,12,16,19,22,24H2,1-7H3/t25-,34-,35-,57?/m0/s1. The van der Waals surface area contributed by atoms with Crippen LogP contribution in [0.25, 0.3) is 33.3 Å². The number of fused-ring (bicyclic) bond motifs is 6. The quantitative estimate of drug-likeness (QED) is 0.175. The van der Waals surface area contributed by atoms with E-state index in [2.05, 4.69) is 58.7 Å². The third-order valence-corrected chi connectivity index (χ3v) is 13.2. The van der Waals surface area contributed by atoms with Crippen molar-refractivity contribution in [2.45, 2.75) is 90.1 Å². The van der Waals surface area contributed by atoms with Gasteiger partial charge in [-0.25, -0.2) is 19.3 Å². The molecule has 1 fully saturated rings. The van der Waals surface area contributed by atoms with Crippen molar-refractivity contribution in [3.8, 4) is 28.1 Å². The second kappa shape index (κ2) is 15.9. The molecule has 2 aliphatic heterocycles. The van der Waals surface area contributed by atoms with Crippen LogP contribution in [0.5, 0.6) is 5.75 Å². The maximum Gasteiger partial charge on any atom is 0.324 e. The van der Waals surface area contributed by atoms with Crippen LogP contribution in [0.15, 0.2) is 66.0 Å². The fraction of sp³-hybridized carbons (Fsp3) is 0.429. The molecule has 2 aromatic carbocycles. The number of methoxy groups -OCH3 is 1. The molecule has 3 N–H and O–H groups in total. The summed E-state index contributed by atoms with van der Waals surface area (Å²) in [5.74, 6) is -0.265. The lowest BCUT2D eigenvalue weighted by atomic mass is 9.84. The van der Waals surface area contributed by atoms with Crippen molar-refractivity contribution >= 4 is 42.6 Å². The smallest absolute Gasteiger partial charge is 0.324 e. The van der Waals surface area contributed by atoms with Crippen molar-refractivity contribution in [2.24, 2.45) is 12.5 Å². The number of carbonyl (C=O) groups is 2. The van der Waals surface area contributed by atoms with Gasteiger partial charge in [0, 0.05) is 72.7 Å². The molecule has 6 bridgehead atoms. The lowest BCUT2D eigenvalue weighted by Gasteiger charge is -2.35. The molecule has 7 rings (SSSR count). The summed E-state index contributed by atoms with van der Waals surface area (Å²) in [5.41, 5.74) is 9.73. The number of phenolic OH excluding ortho intramolecular Hbond substituents is 1. The number of nitrogens with zero attached hydrogens (tertiary/aromatic N) is 5. The molecule has 0 saturated carbocycles. The lowest BCUT2D eigenvalue weighted by molar-refractivity contribution is -0.155. The van der Waals surface area contributed by atoms with Crippen molar-refractivity contribution in [3.63, 3.8) is 0 Å². The lowest BCUT2D eigenvalue weighted by Crippen LogP contribution is -2.60. The molecule has 0 spiro atoms. The summed E-state index contributed by atoms with van der Waals surface area (Å²) in [7, 11) is 0.0156. The van der Waals surface area contributed by atoms with Gasteiger partial charge in [-0.05, 0) is 105 Å². The molecular weight excluding hydrogens is 763 g/mol. The van der Waals surface area contributed by atoms with Crippen molar-refractivity contribution in [3.05, 3.63) is 83.6 Å². The van der Waals surface area contributed by atoms with Gasteiger partial charge in [-0.3, -0.25) is 19.6 Å². The van der Waals surface area contributed by atoms with Crippen LogP contribution < -0.4 is 10.1 Å². The van der Waals surface area contributed by atoms with Gasteiger partial charge in [0.15, 0.2) is 5.03 Å². The number of hydrogen-bond acceptors (Lipinski definition) is 10. The summed E-state index contributed by atoms with van der Waals surface area (Å²) in [6, 6.07) is 13.7. The number of cyclic esters (lactones) is 1. The van der Waals surface area contributed by atoms with Gasteiger partial charge in [-0.2, -0.15) is 0 Å². The van der Waals surface area contributed by atoms with Gasteiger partial charge in [0.2, 0.25) is 0 Å². The molecule has 0 aliphatic carbocycles. The van der Waals surface area contributed by atoms with Crippen LogP contribution >= 0.6 is 0 Å². The molecule has 15 heteroatoms. The third kappa shape index (κ3) is 8.21. The molecule has 302 valence electrons. The van der Waals surface area contributed by atoms with E-state index < -0.39 is 38.1 Å². The number of amides is 1. The van der Waals surface area contributed by atoms with E-state index in [4.69, 9.17) is 25.6 Å². The molecule has 0 radical (unpaired) electrons. The molecule has 13 nitrogen and oxygen atoms in total. The minimum atomic E-state index is -3.44. The average molecular weight is 814 g/mol. The zero-order chi connectivity index (χ0) is 40.8. The second-order valence-electron chi connectivity index (χ2n) is 15.9. The summed E-state index contributed by atoms with van der Waals surface area (Å²) in [6.45, 7) is 11.2. The molecule has 1 unspecified atom stereocenters. The zero-order valence-corrected chi connectivity index (χ0v) is 35.1. The summed E-state index contributed by atoms with van der Waals surface area (Å²) in [6.07, 6.45) is 4.73. The van der Waals surface area contributed by atoms with Gasteiger partial charge in [-0.1, -0.05) is 26.0 Å². The van der Waals surface area contributed by atoms with Gasteiger partial charge in [-0.15, -0.1) is 0 Å². The number of ether oxygens (including phenoxy) is 2. The highest BCUT2D eigenvalue weighted by atomic mass is 32.8. The number of aryl methyl sites for hydroxylation is 3. The Morgan fingerprint density at radius 1 is 1.18 bits per heavy atom. The molecule has 2 aliphatic rings. The third-order valence-electron chi connectivity index (χ3n) is 11.0. The first-order valence-corrected chi connectivity index (χ1v) is 21.8. The van der Waals surface area contributed by atoms with E-state index in [1.54, 1.807) is 50.2 Å². The number of hydrazine groups is 1. The molecule has 5 heterocycles. The molecule has 5 aromatic rings. The number of benzene rings is 2. The highest BCUT2D eigenvalue weighted by Gasteiger charge is 2.36. The Morgan fingerprint density at radius 3 is 2.68 bits per heavy atom. The summed E-state index contributed by atoms with van der Waals surface area (Å²) < 4.78 is 32.9. The number of phenols is 1. The highest BCUT2D eigenvalue weighted by molar-refractivity contribution is 8.31. The zero-order valence-electron chi connectivity index (χ0n) is 33.5. The predicted molar refractivity (Wildman–Crippen MR) is 222 cm³/mol. The highest BCUT2D eigenvalue weighted by Crippen LogP contribution is 2.42. The van der Waals surface area contributed by atoms with Crippen molar-refractivity contribution in [2.75, 3.05) is 20.3 Å². The van der Waals surface area contributed by atoms with E-state index in [9.17, 15) is 18.9 Å². The molecule has 57 heavy (non-hydrogen) atoms. The first kappa shape index (κ1) is 40.5. The monoisotopic (exact) mass is 813 g/mol. The van der Waals surface area contributed by atoms with Gasteiger partial charge in [0.1, 0.15) is 32.3 Å². The number of hydrogen-bond donors (Lipinski definition) is 3. The summed E-state index contributed by atoms with van der Waals surface area (Å²) >= 11 is 5.61. The predicted octanol–water partition coefficient (Wildman–Crippen LogP) is 5.69. The molecule has 4 atom stereocenters. The first-order chi connectivity index (χ1) is 27.1. The maximum absolute atomic E-state index is 14.4. The Balaban J connectivity index is 1.40. The number of pyridine rings is 1. The van der Waals surface area contributed by atoms with E-state index in [1.807, 2.05) is 25.1 Å². The van der Waals surface area contributed by atoms with Crippen molar-refractivity contribution in [1.29, 1.82) is 0 Å². The summed E-state index contributed by atoms with van der Waals surface area (Å²) in [4.78, 5) is 37.3. The molecular formula is C42H51N7O6S2. The van der Waals surface area contributed by atoms with Crippen molar-refractivity contribution < 1.29 is 28.4 Å². The van der Waals surface area contributed by atoms with Crippen LogP contribution in [0, 0.1) is 12.3 Å². The van der Waals surface area contributed by atoms with Crippen molar-refractivity contribution in [1.82, 2.24) is 34.3 Å². The van der Waals surface area contributed by atoms with Crippen LogP contribution in [0.2, 0.25) is 0 Å². The minimum Gasteiger partial charge on any atom is -0.508 e. The Morgan fingerprint density at radius 2 is 1.96 bits per heavy atom. The Labute approximate surface area is 338 Å². The molecule has 3 aromatic heterocycles. The first-order valence-electron chi connectivity index (χ1n) is 19.3. The normalized spacial score (nSPS) is 20.5. The van der Waals surface area contributed by atoms with Gasteiger partial charge in [0.25, 0.3) is 5.91 Å². The Hall–Kier alpha value is -4.67. The van der Waals surface area contributed by atoms with Crippen LogP contribution in [0.3, 0.4) is 0 Å². The largest absolute Gasteiger partial charge is 0.508 e. The number of aromatic hydroxyl groups is 1. The van der Waals surface area contributed by atoms with E-state index in [-0.39, 0.29) is 29.9 Å². The van der Waals surface area contributed by atoms with E-state index in [0.29, 0.717) is 43.7 Å². The van der Waals surface area contributed by atoms with E-state index in [0.717, 1.165) is 44.5 Å². The number of rotatable bonds is 7. The number of aromatic nitrogens is 4. The molecule has 1 amide bonds. The Bertz CT molecular complexity index is 2440. The average Bonchev–Trinajstić information content (AvgIpc) is 3.70. The topological polar surface area (TPSA) is 153 Å². The maximum atomic E-state index is 14.4. The van der Waals surface area contributed by atoms with E-state index >= 15 is 0 Å².